The van der Waals surface area contributed by atoms with Crippen LogP contribution in [0.2, 0.25) is 0 Å². The van der Waals surface area contributed by atoms with Crippen molar-refractivity contribution < 1.29 is 14.3 Å². The fraction of sp³-hybridized carbons (Fsp3) is 0.923. The summed E-state index contributed by atoms with van der Waals surface area (Å²) in [6, 6.07) is -0.216. The van der Waals surface area contributed by atoms with E-state index in [0.29, 0.717) is 26.3 Å². The molecule has 5 heteroatoms. The molecule has 0 spiro atoms. The van der Waals surface area contributed by atoms with Crippen molar-refractivity contribution in [3.8, 4) is 0 Å². The van der Waals surface area contributed by atoms with Crippen molar-refractivity contribution in [3.63, 3.8) is 0 Å². The van der Waals surface area contributed by atoms with Gasteiger partial charge in [-0.25, -0.2) is 0 Å². The Bertz CT molecular complexity index is 345. The Balaban J connectivity index is 2.13. The van der Waals surface area contributed by atoms with Crippen molar-refractivity contribution in [2.24, 2.45) is 11.1 Å². The van der Waals surface area contributed by atoms with E-state index < -0.39 is 5.41 Å². The fourth-order valence-corrected chi connectivity index (χ4v) is 2.88. The molecule has 0 saturated carbocycles. The quantitative estimate of drug-likeness (QED) is 0.736. The van der Waals surface area contributed by atoms with E-state index in [1.807, 2.05) is 32.6 Å². The normalized spacial score (nSPS) is 39.9. The van der Waals surface area contributed by atoms with Crippen LogP contribution in [-0.4, -0.2) is 54.9 Å². The van der Waals surface area contributed by atoms with E-state index >= 15 is 0 Å². The molecule has 3 unspecified atom stereocenters. The minimum Gasteiger partial charge on any atom is -0.379 e. The van der Waals surface area contributed by atoms with Gasteiger partial charge in [-0.05, 0) is 27.7 Å². The van der Waals surface area contributed by atoms with Gasteiger partial charge in [0.15, 0.2) is 0 Å². The summed E-state index contributed by atoms with van der Waals surface area (Å²) in [5.41, 5.74) is 5.13. The van der Waals surface area contributed by atoms with E-state index in [-0.39, 0.29) is 23.7 Å². The summed E-state index contributed by atoms with van der Waals surface area (Å²) >= 11 is 0. The summed E-state index contributed by atoms with van der Waals surface area (Å²) in [6.07, 6.45) is 0.0554. The second-order valence-electron chi connectivity index (χ2n) is 6.41. The molecule has 2 fully saturated rings. The Morgan fingerprint density at radius 2 is 2.06 bits per heavy atom. The Kier molecular flexibility index (Phi) is 3.42. The maximum absolute atomic E-state index is 12.7. The van der Waals surface area contributed by atoms with E-state index in [1.54, 1.807) is 0 Å². The largest absolute Gasteiger partial charge is 0.379 e. The van der Waals surface area contributed by atoms with Gasteiger partial charge in [-0.15, -0.1) is 0 Å². The van der Waals surface area contributed by atoms with Gasteiger partial charge in [-0.3, -0.25) is 4.79 Å². The molecular formula is C13H24N2O3. The molecule has 104 valence electrons. The lowest BCUT2D eigenvalue weighted by atomic mass is 9.83. The van der Waals surface area contributed by atoms with Gasteiger partial charge >= 0.3 is 0 Å². The van der Waals surface area contributed by atoms with E-state index in [4.69, 9.17) is 15.2 Å². The zero-order valence-corrected chi connectivity index (χ0v) is 11.7. The zero-order chi connectivity index (χ0) is 13.6. The molecular weight excluding hydrogens is 232 g/mol. The van der Waals surface area contributed by atoms with Crippen molar-refractivity contribution in [1.82, 2.24) is 4.90 Å². The fourth-order valence-electron chi connectivity index (χ4n) is 2.88. The van der Waals surface area contributed by atoms with Gasteiger partial charge < -0.3 is 20.1 Å². The lowest BCUT2D eigenvalue weighted by Gasteiger charge is -2.44. The lowest BCUT2D eigenvalue weighted by molar-refractivity contribution is -0.166. The third kappa shape index (κ3) is 2.39. The van der Waals surface area contributed by atoms with Crippen molar-refractivity contribution in [1.29, 1.82) is 0 Å². The molecule has 18 heavy (non-hydrogen) atoms. The average molecular weight is 256 g/mol. The van der Waals surface area contributed by atoms with Crippen molar-refractivity contribution >= 4 is 5.91 Å². The average Bonchev–Trinajstić information content (AvgIpc) is 2.56. The van der Waals surface area contributed by atoms with Gasteiger partial charge in [0.2, 0.25) is 5.91 Å². The Morgan fingerprint density at radius 1 is 1.39 bits per heavy atom. The smallest absolute Gasteiger partial charge is 0.232 e. The SMILES string of the molecule is CC1CN(C(=O)C2(C)COCC2N)CC(C)(C)O1. The first-order chi connectivity index (χ1) is 8.24. The first-order valence-corrected chi connectivity index (χ1v) is 6.55. The highest BCUT2D eigenvalue weighted by atomic mass is 16.5. The Hall–Kier alpha value is -0.650. The van der Waals surface area contributed by atoms with E-state index in [9.17, 15) is 4.79 Å². The molecule has 2 heterocycles. The van der Waals surface area contributed by atoms with Crippen LogP contribution in [0.3, 0.4) is 0 Å². The minimum absolute atomic E-state index is 0.0554. The Morgan fingerprint density at radius 3 is 2.56 bits per heavy atom. The molecule has 1 amide bonds. The molecule has 2 N–H and O–H groups in total. The van der Waals surface area contributed by atoms with Gasteiger partial charge in [-0.2, -0.15) is 0 Å². The first kappa shape index (κ1) is 13.8. The van der Waals surface area contributed by atoms with Crippen molar-refractivity contribution in [3.05, 3.63) is 0 Å². The topological polar surface area (TPSA) is 64.8 Å². The number of amides is 1. The van der Waals surface area contributed by atoms with Gasteiger partial charge in [0.05, 0.1) is 30.3 Å². The molecule has 2 aliphatic heterocycles. The van der Waals surface area contributed by atoms with Gasteiger partial charge in [0.25, 0.3) is 0 Å². The maximum Gasteiger partial charge on any atom is 0.232 e. The molecule has 0 aliphatic carbocycles. The number of hydrogen-bond donors (Lipinski definition) is 1. The Labute approximate surface area is 109 Å². The lowest BCUT2D eigenvalue weighted by Crippen LogP contribution is -2.59. The predicted molar refractivity (Wildman–Crippen MR) is 68.1 cm³/mol. The molecule has 0 aromatic heterocycles. The second kappa shape index (κ2) is 4.47. The highest BCUT2D eigenvalue weighted by Crippen LogP contribution is 2.32. The number of hydrogen-bond acceptors (Lipinski definition) is 4. The maximum atomic E-state index is 12.7. The highest BCUT2D eigenvalue weighted by Gasteiger charge is 2.48. The molecule has 2 rings (SSSR count). The van der Waals surface area contributed by atoms with Crippen LogP contribution in [0.1, 0.15) is 27.7 Å². The summed E-state index contributed by atoms with van der Waals surface area (Å²) in [4.78, 5) is 14.6. The minimum atomic E-state index is -0.590. The van der Waals surface area contributed by atoms with E-state index in [0.717, 1.165) is 0 Å². The van der Waals surface area contributed by atoms with Gasteiger partial charge in [-0.1, -0.05) is 0 Å². The van der Waals surface area contributed by atoms with Crippen LogP contribution < -0.4 is 5.73 Å². The van der Waals surface area contributed by atoms with Crippen LogP contribution in [0.25, 0.3) is 0 Å². The molecule has 0 bridgehead atoms. The van der Waals surface area contributed by atoms with E-state index in [1.165, 1.54) is 0 Å². The summed E-state index contributed by atoms with van der Waals surface area (Å²) in [5.74, 6) is 0.0933. The second-order valence-corrected chi connectivity index (χ2v) is 6.41. The summed E-state index contributed by atoms with van der Waals surface area (Å²) in [7, 11) is 0. The van der Waals surface area contributed by atoms with Crippen LogP contribution in [0.5, 0.6) is 0 Å². The third-order valence-electron chi connectivity index (χ3n) is 3.86. The van der Waals surface area contributed by atoms with Crippen LogP contribution in [0.4, 0.5) is 0 Å². The predicted octanol–water partition coefficient (Wildman–Crippen LogP) is 0.376. The molecule has 5 nitrogen and oxygen atoms in total. The highest BCUT2D eigenvalue weighted by molar-refractivity contribution is 5.84. The van der Waals surface area contributed by atoms with Crippen LogP contribution >= 0.6 is 0 Å². The monoisotopic (exact) mass is 256 g/mol. The standard InChI is InChI=1S/C13H24N2O3/c1-9-5-15(7-12(2,3)18-9)11(16)13(4)8-17-6-10(13)14/h9-10H,5-8,14H2,1-4H3. The first-order valence-electron chi connectivity index (χ1n) is 6.55. The van der Waals surface area contributed by atoms with E-state index in [2.05, 4.69) is 0 Å². The molecule has 2 saturated heterocycles. The number of carbonyl (C=O) groups is 1. The molecule has 2 aliphatic rings. The van der Waals surface area contributed by atoms with Crippen LogP contribution in [-0.2, 0) is 14.3 Å². The van der Waals surface area contributed by atoms with Gasteiger partial charge in [0, 0.05) is 19.1 Å². The number of nitrogens with zero attached hydrogens (tertiary/aromatic N) is 1. The van der Waals surface area contributed by atoms with Gasteiger partial charge in [0.1, 0.15) is 0 Å². The summed E-state index contributed by atoms with van der Waals surface area (Å²) < 4.78 is 11.2. The zero-order valence-electron chi connectivity index (χ0n) is 11.7. The number of morpholine rings is 1. The molecule has 0 radical (unpaired) electrons. The van der Waals surface area contributed by atoms with Crippen LogP contribution in [0.15, 0.2) is 0 Å². The third-order valence-corrected chi connectivity index (χ3v) is 3.86. The summed E-state index contributed by atoms with van der Waals surface area (Å²) in [6.45, 7) is 10.0. The summed E-state index contributed by atoms with van der Waals surface area (Å²) in [5, 5.41) is 0. The molecule has 0 aromatic rings. The molecule has 0 aromatic carbocycles. The number of rotatable bonds is 1. The number of carbonyl (C=O) groups excluding carboxylic acids is 1. The number of nitrogens with two attached hydrogens (primary N) is 1. The molecule has 3 atom stereocenters. The van der Waals surface area contributed by atoms with Crippen molar-refractivity contribution in [2.45, 2.75) is 45.4 Å². The van der Waals surface area contributed by atoms with Crippen molar-refractivity contribution in [2.75, 3.05) is 26.3 Å². The number of ether oxygens (including phenoxy) is 2. The van der Waals surface area contributed by atoms with Crippen LogP contribution in [0, 0.1) is 5.41 Å².